The van der Waals surface area contributed by atoms with Gasteiger partial charge in [0.25, 0.3) is 0 Å². The van der Waals surface area contributed by atoms with Gasteiger partial charge in [-0.25, -0.2) is 0 Å². The van der Waals surface area contributed by atoms with Crippen molar-refractivity contribution in [3.05, 3.63) is 28.8 Å². The molecule has 2 amide bonds. The second kappa shape index (κ2) is 8.99. The third-order valence-electron chi connectivity index (χ3n) is 4.16. The number of amides is 2. The van der Waals surface area contributed by atoms with Crippen molar-refractivity contribution in [2.24, 2.45) is 0 Å². The minimum atomic E-state index is -0.106. The summed E-state index contributed by atoms with van der Waals surface area (Å²) in [6.45, 7) is 14.5. The van der Waals surface area contributed by atoms with E-state index >= 15 is 0 Å². The quantitative estimate of drug-likeness (QED) is 0.824. The van der Waals surface area contributed by atoms with Gasteiger partial charge in [0, 0.05) is 17.8 Å². The predicted molar refractivity (Wildman–Crippen MR) is 104 cm³/mol. The van der Waals surface area contributed by atoms with Gasteiger partial charge in [-0.15, -0.1) is 0 Å². The number of nitrogens with zero attached hydrogens (tertiary/aromatic N) is 2. The van der Waals surface area contributed by atoms with Gasteiger partial charge in [0.05, 0.1) is 13.1 Å². The number of benzene rings is 1. The lowest BCUT2D eigenvalue weighted by Crippen LogP contribution is -2.47. The molecule has 0 saturated heterocycles. The van der Waals surface area contributed by atoms with Gasteiger partial charge in [0.2, 0.25) is 11.8 Å². The van der Waals surface area contributed by atoms with Crippen molar-refractivity contribution in [3.63, 3.8) is 0 Å². The monoisotopic (exact) mass is 347 g/mol. The number of anilines is 1. The first-order valence-electron chi connectivity index (χ1n) is 8.90. The van der Waals surface area contributed by atoms with Gasteiger partial charge in [0.15, 0.2) is 0 Å². The Morgan fingerprint density at radius 3 is 1.88 bits per heavy atom. The van der Waals surface area contributed by atoms with Gasteiger partial charge in [0.1, 0.15) is 0 Å². The van der Waals surface area contributed by atoms with Crippen LogP contribution in [-0.2, 0) is 9.59 Å². The molecule has 1 N–H and O–H groups in total. The average Bonchev–Trinajstić information content (AvgIpc) is 2.41. The molecule has 0 aliphatic rings. The first-order chi connectivity index (χ1) is 11.5. The molecule has 0 atom stereocenters. The van der Waals surface area contributed by atoms with Gasteiger partial charge in [-0.2, -0.15) is 0 Å². The maximum absolute atomic E-state index is 12.5. The summed E-state index contributed by atoms with van der Waals surface area (Å²) in [5.74, 6) is -0.0611. The highest BCUT2D eigenvalue weighted by Crippen LogP contribution is 2.21. The van der Waals surface area contributed by atoms with Crippen molar-refractivity contribution in [1.29, 1.82) is 0 Å². The molecule has 0 aliphatic carbocycles. The molecule has 1 aromatic rings. The minimum Gasteiger partial charge on any atom is -0.337 e. The van der Waals surface area contributed by atoms with Crippen LogP contribution < -0.4 is 5.32 Å². The zero-order valence-electron chi connectivity index (χ0n) is 16.9. The molecule has 1 aromatic carbocycles. The molecule has 5 nitrogen and oxygen atoms in total. The zero-order chi connectivity index (χ0) is 19.3. The van der Waals surface area contributed by atoms with Gasteiger partial charge in [-0.3, -0.25) is 14.5 Å². The van der Waals surface area contributed by atoms with E-state index in [1.807, 2.05) is 53.4 Å². The lowest BCUT2D eigenvalue weighted by atomic mass is 10.1. The van der Waals surface area contributed by atoms with Crippen LogP contribution in [0.25, 0.3) is 0 Å². The number of carbonyl (C=O) groups is 2. The van der Waals surface area contributed by atoms with E-state index in [9.17, 15) is 9.59 Å². The third-order valence-corrected chi connectivity index (χ3v) is 4.16. The second-order valence-corrected chi connectivity index (χ2v) is 7.48. The topological polar surface area (TPSA) is 52.7 Å². The Hall–Kier alpha value is -1.88. The van der Waals surface area contributed by atoms with Crippen LogP contribution in [0.3, 0.4) is 0 Å². The molecule has 140 valence electrons. The molecular weight excluding hydrogens is 314 g/mol. The van der Waals surface area contributed by atoms with Gasteiger partial charge in [-0.1, -0.05) is 17.7 Å². The second-order valence-electron chi connectivity index (χ2n) is 7.48. The molecule has 0 aliphatic heterocycles. The van der Waals surface area contributed by atoms with Crippen LogP contribution in [-0.4, -0.2) is 53.8 Å². The Balaban J connectivity index is 2.67. The van der Waals surface area contributed by atoms with Crippen LogP contribution in [0, 0.1) is 20.8 Å². The highest BCUT2D eigenvalue weighted by atomic mass is 16.2. The standard InChI is InChI=1S/C20H33N3O2/c1-13(2)23(14(3)4)19(25)12-22(8)11-18(24)21-20-16(6)9-15(5)10-17(20)7/h9-10,13-14H,11-12H2,1-8H3,(H,21,24). The smallest absolute Gasteiger partial charge is 0.238 e. The highest BCUT2D eigenvalue weighted by Gasteiger charge is 2.22. The molecule has 0 saturated carbocycles. The van der Waals surface area contributed by atoms with E-state index in [0.717, 1.165) is 16.8 Å². The van der Waals surface area contributed by atoms with Crippen LogP contribution in [0.2, 0.25) is 0 Å². The fourth-order valence-electron chi connectivity index (χ4n) is 3.34. The normalized spacial score (nSPS) is 11.3. The van der Waals surface area contributed by atoms with Gasteiger partial charge < -0.3 is 10.2 Å². The lowest BCUT2D eigenvalue weighted by molar-refractivity contribution is -0.135. The summed E-state index contributed by atoms with van der Waals surface area (Å²) in [6.07, 6.45) is 0. The summed E-state index contributed by atoms with van der Waals surface area (Å²) in [5, 5.41) is 2.98. The molecule has 1 rings (SSSR count). The number of rotatable bonds is 7. The Bertz CT molecular complexity index is 592. The Morgan fingerprint density at radius 2 is 1.44 bits per heavy atom. The molecule has 0 unspecified atom stereocenters. The van der Waals surface area contributed by atoms with E-state index in [2.05, 4.69) is 17.4 Å². The van der Waals surface area contributed by atoms with Gasteiger partial charge in [-0.05, 0) is 66.6 Å². The minimum absolute atomic E-state index is 0.0444. The molecule has 25 heavy (non-hydrogen) atoms. The predicted octanol–water partition coefficient (Wildman–Crippen LogP) is 3.13. The first kappa shape index (κ1) is 21.2. The fourth-order valence-corrected chi connectivity index (χ4v) is 3.34. The van der Waals surface area contributed by atoms with Crippen LogP contribution >= 0.6 is 0 Å². The Labute approximate surface area is 152 Å². The number of aryl methyl sites for hydroxylation is 3. The van der Waals surface area contributed by atoms with E-state index in [-0.39, 0.29) is 37.0 Å². The molecule has 0 radical (unpaired) electrons. The SMILES string of the molecule is Cc1cc(C)c(NC(=O)CN(C)CC(=O)N(C(C)C)C(C)C)c(C)c1. The van der Waals surface area contributed by atoms with Gasteiger partial charge >= 0.3 is 0 Å². The summed E-state index contributed by atoms with van der Waals surface area (Å²) in [6, 6.07) is 4.40. The van der Waals surface area contributed by atoms with E-state index in [4.69, 9.17) is 0 Å². The van der Waals surface area contributed by atoms with Crippen LogP contribution in [0.15, 0.2) is 12.1 Å². The van der Waals surface area contributed by atoms with Crippen LogP contribution in [0.4, 0.5) is 5.69 Å². The van der Waals surface area contributed by atoms with Crippen LogP contribution in [0.1, 0.15) is 44.4 Å². The highest BCUT2D eigenvalue weighted by molar-refractivity contribution is 5.94. The zero-order valence-corrected chi connectivity index (χ0v) is 16.9. The molecule has 0 aromatic heterocycles. The van der Waals surface area contributed by atoms with Crippen LogP contribution in [0.5, 0.6) is 0 Å². The summed E-state index contributed by atoms with van der Waals surface area (Å²) < 4.78 is 0. The van der Waals surface area contributed by atoms with Crippen molar-refractivity contribution in [1.82, 2.24) is 9.80 Å². The number of hydrogen-bond acceptors (Lipinski definition) is 3. The van der Waals surface area contributed by atoms with Crippen molar-refractivity contribution in [2.45, 2.75) is 60.5 Å². The summed E-state index contributed by atoms with van der Waals surface area (Å²) in [5.41, 5.74) is 4.14. The Kier molecular flexibility index (Phi) is 7.61. The molecule has 0 bridgehead atoms. The number of likely N-dealkylation sites (N-methyl/N-ethyl adjacent to an activating group) is 1. The number of hydrogen-bond donors (Lipinski definition) is 1. The molecule has 0 fully saturated rings. The number of carbonyl (C=O) groups excluding carboxylic acids is 2. The molecule has 0 heterocycles. The largest absolute Gasteiger partial charge is 0.337 e. The van der Waals surface area contributed by atoms with Crippen molar-refractivity contribution >= 4 is 17.5 Å². The van der Waals surface area contributed by atoms with Crippen molar-refractivity contribution in [3.8, 4) is 0 Å². The van der Waals surface area contributed by atoms with E-state index in [1.54, 1.807) is 11.9 Å². The maximum atomic E-state index is 12.5. The van der Waals surface area contributed by atoms with Crippen molar-refractivity contribution < 1.29 is 9.59 Å². The molecular formula is C20H33N3O2. The van der Waals surface area contributed by atoms with E-state index < -0.39 is 0 Å². The molecule has 5 heteroatoms. The number of nitrogens with one attached hydrogen (secondary N) is 1. The van der Waals surface area contributed by atoms with Crippen molar-refractivity contribution in [2.75, 3.05) is 25.5 Å². The average molecular weight is 348 g/mol. The maximum Gasteiger partial charge on any atom is 0.238 e. The third kappa shape index (κ3) is 6.16. The van der Waals surface area contributed by atoms with E-state index in [0.29, 0.717) is 0 Å². The summed E-state index contributed by atoms with van der Waals surface area (Å²) in [7, 11) is 1.80. The fraction of sp³-hybridized carbons (Fsp3) is 0.600. The molecule has 0 spiro atoms. The Morgan fingerprint density at radius 1 is 0.960 bits per heavy atom. The summed E-state index contributed by atoms with van der Waals surface area (Å²) in [4.78, 5) is 28.4. The summed E-state index contributed by atoms with van der Waals surface area (Å²) >= 11 is 0. The lowest BCUT2D eigenvalue weighted by Gasteiger charge is -2.32. The first-order valence-corrected chi connectivity index (χ1v) is 8.90. The van der Waals surface area contributed by atoms with E-state index in [1.165, 1.54) is 5.56 Å².